The maximum atomic E-state index is 12.9. The molecule has 168 valence electrons. The molecule has 0 unspecified atom stereocenters. The summed E-state index contributed by atoms with van der Waals surface area (Å²) in [7, 11) is 1.57. The van der Waals surface area contributed by atoms with Gasteiger partial charge < -0.3 is 14.2 Å². The van der Waals surface area contributed by atoms with Crippen molar-refractivity contribution in [3.63, 3.8) is 0 Å². The molecule has 0 bridgehead atoms. The molecule has 0 N–H and O–H groups in total. The molecule has 0 saturated carbocycles. The maximum Gasteiger partial charge on any atom is 0.266 e. The van der Waals surface area contributed by atoms with Gasteiger partial charge in [-0.1, -0.05) is 59.3 Å². The van der Waals surface area contributed by atoms with E-state index in [0.717, 1.165) is 30.6 Å². The number of halogens is 2. The van der Waals surface area contributed by atoms with Gasteiger partial charge in [-0.25, -0.2) is 0 Å². The molecule has 2 saturated heterocycles. The lowest BCUT2D eigenvalue weighted by atomic mass is 10.1. The minimum Gasteiger partial charge on any atom is -0.493 e. The van der Waals surface area contributed by atoms with Gasteiger partial charge in [0.25, 0.3) is 5.91 Å². The van der Waals surface area contributed by atoms with E-state index in [1.54, 1.807) is 24.1 Å². The predicted octanol–water partition coefficient (Wildman–Crippen LogP) is 5.96. The Morgan fingerprint density at radius 3 is 2.81 bits per heavy atom. The number of thioether (sulfide) groups is 1. The molecule has 0 aromatic heterocycles. The van der Waals surface area contributed by atoms with Crippen LogP contribution in [-0.4, -0.2) is 41.5 Å². The lowest BCUT2D eigenvalue weighted by Gasteiger charge is -2.18. The van der Waals surface area contributed by atoms with E-state index in [1.807, 2.05) is 30.3 Å². The second kappa shape index (κ2) is 10.4. The van der Waals surface area contributed by atoms with Crippen molar-refractivity contribution in [3.8, 4) is 11.5 Å². The summed E-state index contributed by atoms with van der Waals surface area (Å²) >= 11 is 18.9. The molecule has 32 heavy (non-hydrogen) atoms. The normalized spacial score (nSPS) is 19.8. The Morgan fingerprint density at radius 1 is 1.25 bits per heavy atom. The van der Waals surface area contributed by atoms with Crippen LogP contribution in [0.1, 0.15) is 24.0 Å². The van der Waals surface area contributed by atoms with Gasteiger partial charge in [0.05, 0.1) is 24.7 Å². The van der Waals surface area contributed by atoms with Gasteiger partial charge in [0.1, 0.15) is 10.9 Å². The van der Waals surface area contributed by atoms with E-state index in [9.17, 15) is 4.79 Å². The molecule has 1 atom stereocenters. The fourth-order valence-electron chi connectivity index (χ4n) is 3.49. The molecule has 2 aromatic carbocycles. The fraction of sp³-hybridized carbons (Fsp3) is 0.304. The van der Waals surface area contributed by atoms with E-state index in [2.05, 4.69) is 0 Å². The van der Waals surface area contributed by atoms with E-state index < -0.39 is 0 Å². The lowest BCUT2D eigenvalue weighted by molar-refractivity contribution is -0.123. The van der Waals surface area contributed by atoms with Gasteiger partial charge >= 0.3 is 0 Å². The zero-order chi connectivity index (χ0) is 22.7. The van der Waals surface area contributed by atoms with Crippen molar-refractivity contribution in [2.45, 2.75) is 25.6 Å². The van der Waals surface area contributed by atoms with Crippen LogP contribution in [0, 0.1) is 0 Å². The monoisotopic (exact) mass is 509 g/mol. The van der Waals surface area contributed by atoms with Crippen molar-refractivity contribution in [3.05, 3.63) is 62.5 Å². The second-order valence-corrected chi connectivity index (χ2v) is 9.88. The average molecular weight is 510 g/mol. The highest BCUT2D eigenvalue weighted by atomic mass is 35.5. The van der Waals surface area contributed by atoms with E-state index in [4.69, 9.17) is 49.6 Å². The SMILES string of the molecule is COc1cc(/C=C2\SC(=S)N(C[C@H]3CCCO3)C2=O)ccc1OCc1ccc(Cl)cc1Cl. The van der Waals surface area contributed by atoms with E-state index in [1.165, 1.54) is 11.8 Å². The standard InChI is InChI=1S/C23H21Cl2NO4S2/c1-28-20-9-14(4-7-19(20)30-13-15-5-6-16(24)11-18(15)25)10-21-22(27)26(23(31)32-21)12-17-3-2-8-29-17/h4-7,9-11,17H,2-3,8,12-13H2,1H3/b21-10-/t17-/m1/s1. The summed E-state index contributed by atoms with van der Waals surface area (Å²) in [6, 6.07) is 10.8. The smallest absolute Gasteiger partial charge is 0.266 e. The first-order valence-electron chi connectivity index (χ1n) is 10.1. The number of rotatable bonds is 7. The van der Waals surface area contributed by atoms with Gasteiger partial charge in [-0.15, -0.1) is 0 Å². The molecule has 9 heteroatoms. The highest BCUT2D eigenvalue weighted by Crippen LogP contribution is 2.36. The van der Waals surface area contributed by atoms with Gasteiger partial charge in [0, 0.05) is 22.2 Å². The van der Waals surface area contributed by atoms with Gasteiger partial charge in [-0.3, -0.25) is 9.69 Å². The van der Waals surface area contributed by atoms with Crippen LogP contribution >= 0.6 is 47.2 Å². The van der Waals surface area contributed by atoms with Crippen LogP contribution in [0.2, 0.25) is 10.0 Å². The van der Waals surface area contributed by atoms with Crippen LogP contribution in [0.5, 0.6) is 11.5 Å². The topological polar surface area (TPSA) is 48.0 Å². The van der Waals surface area contributed by atoms with Crippen LogP contribution in [0.4, 0.5) is 0 Å². The van der Waals surface area contributed by atoms with Gasteiger partial charge in [0.15, 0.2) is 11.5 Å². The fourth-order valence-corrected chi connectivity index (χ4v) is 5.23. The third-order valence-electron chi connectivity index (χ3n) is 5.17. The number of amides is 1. The van der Waals surface area contributed by atoms with Crippen molar-refractivity contribution in [2.24, 2.45) is 0 Å². The number of hydrogen-bond donors (Lipinski definition) is 0. The van der Waals surface area contributed by atoms with Crippen molar-refractivity contribution >= 4 is 63.5 Å². The lowest BCUT2D eigenvalue weighted by Crippen LogP contribution is -2.35. The number of ether oxygens (including phenoxy) is 3. The van der Waals surface area contributed by atoms with Gasteiger partial charge in [-0.2, -0.15) is 0 Å². The molecular weight excluding hydrogens is 489 g/mol. The third kappa shape index (κ3) is 5.41. The molecule has 0 spiro atoms. The Hall–Kier alpha value is -1.77. The van der Waals surface area contributed by atoms with Crippen LogP contribution in [0.15, 0.2) is 41.3 Å². The zero-order valence-electron chi connectivity index (χ0n) is 17.3. The minimum atomic E-state index is -0.0906. The number of carbonyl (C=O) groups is 1. The van der Waals surface area contributed by atoms with Gasteiger partial charge in [-0.05, 0) is 48.7 Å². The zero-order valence-corrected chi connectivity index (χ0v) is 20.5. The Bertz CT molecular complexity index is 1070. The van der Waals surface area contributed by atoms with Crippen molar-refractivity contribution in [1.82, 2.24) is 4.90 Å². The van der Waals surface area contributed by atoms with Crippen molar-refractivity contribution < 1.29 is 19.0 Å². The van der Waals surface area contributed by atoms with Crippen LogP contribution in [-0.2, 0) is 16.1 Å². The number of nitrogens with zero attached hydrogens (tertiary/aromatic N) is 1. The first kappa shape index (κ1) is 23.4. The van der Waals surface area contributed by atoms with Gasteiger partial charge in [0.2, 0.25) is 0 Å². The quantitative estimate of drug-likeness (QED) is 0.338. The predicted molar refractivity (Wildman–Crippen MR) is 133 cm³/mol. The van der Waals surface area contributed by atoms with Crippen LogP contribution in [0.3, 0.4) is 0 Å². The highest BCUT2D eigenvalue weighted by molar-refractivity contribution is 8.26. The Morgan fingerprint density at radius 2 is 2.09 bits per heavy atom. The molecule has 0 aliphatic carbocycles. The molecule has 2 heterocycles. The maximum absolute atomic E-state index is 12.9. The average Bonchev–Trinajstić information content (AvgIpc) is 3.38. The summed E-state index contributed by atoms with van der Waals surface area (Å²) in [6.45, 7) is 1.52. The molecule has 2 aliphatic heterocycles. The molecule has 2 aliphatic rings. The summed E-state index contributed by atoms with van der Waals surface area (Å²) < 4.78 is 17.6. The Balaban J connectivity index is 1.46. The molecule has 0 radical (unpaired) electrons. The number of thiocarbonyl (C=S) groups is 1. The molecule has 2 aromatic rings. The Labute approximate surface area is 206 Å². The Kier molecular flexibility index (Phi) is 7.63. The number of benzene rings is 2. The second-order valence-electron chi connectivity index (χ2n) is 7.36. The molecule has 4 rings (SSSR count). The van der Waals surface area contributed by atoms with Crippen LogP contribution < -0.4 is 9.47 Å². The summed E-state index contributed by atoms with van der Waals surface area (Å²) in [6.07, 6.45) is 3.85. The van der Waals surface area contributed by atoms with Crippen LogP contribution in [0.25, 0.3) is 6.08 Å². The number of hydrogen-bond acceptors (Lipinski definition) is 6. The summed E-state index contributed by atoms with van der Waals surface area (Å²) in [4.78, 5) is 15.1. The van der Waals surface area contributed by atoms with E-state index in [-0.39, 0.29) is 18.6 Å². The summed E-state index contributed by atoms with van der Waals surface area (Å²) in [5.41, 5.74) is 1.63. The molecule has 5 nitrogen and oxygen atoms in total. The van der Waals surface area contributed by atoms with E-state index in [0.29, 0.717) is 37.3 Å². The summed E-state index contributed by atoms with van der Waals surface area (Å²) in [5.74, 6) is 1.03. The first-order chi connectivity index (χ1) is 15.4. The number of carbonyl (C=O) groups excluding carboxylic acids is 1. The summed E-state index contributed by atoms with van der Waals surface area (Å²) in [5, 5.41) is 1.11. The largest absolute Gasteiger partial charge is 0.493 e. The van der Waals surface area contributed by atoms with Crippen molar-refractivity contribution in [2.75, 3.05) is 20.3 Å². The molecule has 1 amide bonds. The molecule has 2 fully saturated rings. The van der Waals surface area contributed by atoms with Crippen molar-refractivity contribution in [1.29, 1.82) is 0 Å². The first-order valence-corrected chi connectivity index (χ1v) is 12.0. The third-order valence-corrected chi connectivity index (χ3v) is 7.13. The molecular formula is C23H21Cl2NO4S2. The highest BCUT2D eigenvalue weighted by Gasteiger charge is 2.34. The number of methoxy groups -OCH3 is 1. The minimum absolute atomic E-state index is 0.0579. The van der Waals surface area contributed by atoms with E-state index >= 15 is 0 Å².